The number of hydrogen-bond acceptors (Lipinski definition) is 3. The number of rotatable bonds is 2. The Labute approximate surface area is 97.4 Å². The fraction of sp³-hybridized carbons (Fsp3) is 0.750. The number of aryl methyl sites for hydroxylation is 2. The lowest BCUT2D eigenvalue weighted by molar-refractivity contribution is 0.194. The summed E-state index contributed by atoms with van der Waals surface area (Å²) in [5.74, 6) is 0. The first-order valence-corrected chi connectivity index (χ1v) is 6.02. The lowest BCUT2D eigenvalue weighted by Gasteiger charge is -2.28. The minimum Gasteiger partial charge on any atom is -0.326 e. The van der Waals surface area contributed by atoms with Crippen LogP contribution in [0.1, 0.15) is 37.7 Å². The second kappa shape index (κ2) is 4.18. The van der Waals surface area contributed by atoms with Crippen LogP contribution < -0.4 is 5.73 Å². The van der Waals surface area contributed by atoms with Crippen LogP contribution in [0.4, 0.5) is 0 Å². The zero-order valence-electron chi connectivity index (χ0n) is 10.6. The largest absolute Gasteiger partial charge is 0.326 e. The molecular weight excluding hydrogens is 200 g/mol. The van der Waals surface area contributed by atoms with Gasteiger partial charge in [0.05, 0.1) is 11.7 Å². The van der Waals surface area contributed by atoms with Gasteiger partial charge in [0.15, 0.2) is 0 Å². The van der Waals surface area contributed by atoms with E-state index in [9.17, 15) is 0 Å². The molecule has 4 heteroatoms. The van der Waals surface area contributed by atoms with E-state index >= 15 is 0 Å². The third-order valence-corrected chi connectivity index (χ3v) is 3.58. The van der Waals surface area contributed by atoms with E-state index in [0.29, 0.717) is 12.1 Å². The summed E-state index contributed by atoms with van der Waals surface area (Å²) in [5.41, 5.74) is 8.52. The fourth-order valence-corrected chi connectivity index (χ4v) is 2.54. The van der Waals surface area contributed by atoms with Gasteiger partial charge in [-0.25, -0.2) is 0 Å². The SMILES string of the molecule is Cc1cc([C@H]2[C@H](N)CCN2C(C)C)nn1C. The third kappa shape index (κ3) is 1.87. The van der Waals surface area contributed by atoms with Crippen LogP contribution in [0.25, 0.3) is 0 Å². The van der Waals surface area contributed by atoms with Gasteiger partial charge in [-0.3, -0.25) is 9.58 Å². The molecule has 0 saturated carbocycles. The fourth-order valence-electron chi connectivity index (χ4n) is 2.54. The van der Waals surface area contributed by atoms with Gasteiger partial charge in [-0.05, 0) is 33.3 Å². The number of nitrogens with zero attached hydrogens (tertiary/aromatic N) is 3. The molecular formula is C12H22N4. The minimum absolute atomic E-state index is 0.219. The van der Waals surface area contributed by atoms with E-state index in [-0.39, 0.29) is 6.04 Å². The number of likely N-dealkylation sites (tertiary alicyclic amines) is 1. The van der Waals surface area contributed by atoms with Crippen molar-refractivity contribution < 1.29 is 0 Å². The molecule has 16 heavy (non-hydrogen) atoms. The van der Waals surface area contributed by atoms with Gasteiger partial charge in [0, 0.05) is 31.4 Å². The molecule has 0 radical (unpaired) electrons. The van der Waals surface area contributed by atoms with Gasteiger partial charge in [0.2, 0.25) is 0 Å². The Kier molecular flexibility index (Phi) is 3.04. The van der Waals surface area contributed by atoms with Gasteiger partial charge in [-0.1, -0.05) is 0 Å². The molecule has 0 spiro atoms. The average molecular weight is 222 g/mol. The molecule has 0 aliphatic carbocycles. The average Bonchev–Trinajstić information content (AvgIpc) is 2.71. The van der Waals surface area contributed by atoms with E-state index < -0.39 is 0 Å². The lowest BCUT2D eigenvalue weighted by Crippen LogP contribution is -2.36. The first kappa shape index (κ1) is 11.6. The molecule has 2 N–H and O–H groups in total. The van der Waals surface area contributed by atoms with Crippen molar-refractivity contribution in [2.75, 3.05) is 6.54 Å². The number of hydrogen-bond donors (Lipinski definition) is 1. The van der Waals surface area contributed by atoms with E-state index in [4.69, 9.17) is 5.73 Å². The zero-order valence-corrected chi connectivity index (χ0v) is 10.6. The third-order valence-electron chi connectivity index (χ3n) is 3.58. The molecule has 2 rings (SSSR count). The van der Waals surface area contributed by atoms with E-state index in [1.165, 1.54) is 5.69 Å². The highest BCUT2D eigenvalue weighted by atomic mass is 15.3. The van der Waals surface area contributed by atoms with E-state index in [0.717, 1.165) is 18.7 Å². The van der Waals surface area contributed by atoms with Crippen molar-refractivity contribution in [3.63, 3.8) is 0 Å². The second-order valence-electron chi connectivity index (χ2n) is 5.06. The number of nitrogens with two attached hydrogens (primary N) is 1. The molecule has 1 aliphatic rings. The first-order chi connectivity index (χ1) is 7.50. The van der Waals surface area contributed by atoms with Crippen molar-refractivity contribution in [1.29, 1.82) is 0 Å². The lowest BCUT2D eigenvalue weighted by atomic mass is 10.1. The molecule has 0 amide bonds. The highest BCUT2D eigenvalue weighted by molar-refractivity contribution is 5.16. The second-order valence-corrected chi connectivity index (χ2v) is 5.06. The molecule has 4 nitrogen and oxygen atoms in total. The molecule has 1 aliphatic heterocycles. The standard InChI is InChI=1S/C12H22N4/c1-8(2)16-6-5-10(13)12(16)11-7-9(3)15(4)14-11/h7-8,10,12H,5-6,13H2,1-4H3/t10-,12-/m1/s1. The Morgan fingerprint density at radius 3 is 2.69 bits per heavy atom. The van der Waals surface area contributed by atoms with Crippen molar-refractivity contribution in [2.24, 2.45) is 12.8 Å². The topological polar surface area (TPSA) is 47.1 Å². The summed E-state index contributed by atoms with van der Waals surface area (Å²) in [5, 5.41) is 4.57. The van der Waals surface area contributed by atoms with Gasteiger partial charge >= 0.3 is 0 Å². The van der Waals surface area contributed by atoms with Crippen LogP contribution in [0.3, 0.4) is 0 Å². The van der Waals surface area contributed by atoms with Gasteiger partial charge in [0.1, 0.15) is 0 Å². The molecule has 1 aromatic heterocycles. The summed E-state index contributed by atoms with van der Waals surface area (Å²) in [6.45, 7) is 7.61. The predicted octanol–water partition coefficient (Wildman–Crippen LogP) is 1.21. The number of aromatic nitrogens is 2. The summed E-state index contributed by atoms with van der Waals surface area (Å²) >= 11 is 0. The van der Waals surface area contributed by atoms with Crippen LogP contribution >= 0.6 is 0 Å². The van der Waals surface area contributed by atoms with Crippen molar-refractivity contribution in [1.82, 2.24) is 14.7 Å². The maximum atomic E-state index is 6.21. The van der Waals surface area contributed by atoms with Gasteiger partial charge < -0.3 is 5.73 Å². The van der Waals surface area contributed by atoms with Crippen LogP contribution in [0.5, 0.6) is 0 Å². The van der Waals surface area contributed by atoms with Crippen LogP contribution in [0.2, 0.25) is 0 Å². The molecule has 0 unspecified atom stereocenters. The van der Waals surface area contributed by atoms with E-state index in [1.807, 2.05) is 11.7 Å². The monoisotopic (exact) mass is 222 g/mol. The Morgan fingerprint density at radius 1 is 1.50 bits per heavy atom. The first-order valence-electron chi connectivity index (χ1n) is 6.02. The molecule has 90 valence electrons. The quantitative estimate of drug-likeness (QED) is 0.818. The molecule has 1 saturated heterocycles. The van der Waals surface area contributed by atoms with Crippen LogP contribution in [0.15, 0.2) is 6.07 Å². The maximum Gasteiger partial charge on any atom is 0.0814 e. The molecule has 2 atom stereocenters. The van der Waals surface area contributed by atoms with Crippen molar-refractivity contribution >= 4 is 0 Å². The molecule has 0 aromatic carbocycles. The summed E-state index contributed by atoms with van der Waals surface area (Å²) in [4.78, 5) is 2.45. The Morgan fingerprint density at radius 2 is 2.19 bits per heavy atom. The van der Waals surface area contributed by atoms with Crippen LogP contribution in [-0.4, -0.2) is 33.3 Å². The molecule has 1 fully saturated rings. The summed E-state index contributed by atoms with van der Waals surface area (Å²) in [7, 11) is 1.99. The van der Waals surface area contributed by atoms with Crippen molar-refractivity contribution in [3.8, 4) is 0 Å². The van der Waals surface area contributed by atoms with Crippen molar-refractivity contribution in [2.45, 2.75) is 45.3 Å². The summed E-state index contributed by atoms with van der Waals surface area (Å²) < 4.78 is 1.93. The van der Waals surface area contributed by atoms with E-state index in [1.54, 1.807) is 0 Å². The zero-order chi connectivity index (χ0) is 11.9. The molecule has 1 aromatic rings. The van der Waals surface area contributed by atoms with Gasteiger partial charge in [0.25, 0.3) is 0 Å². The Hall–Kier alpha value is -0.870. The van der Waals surface area contributed by atoms with Gasteiger partial charge in [-0.15, -0.1) is 0 Å². The maximum absolute atomic E-state index is 6.21. The van der Waals surface area contributed by atoms with Gasteiger partial charge in [-0.2, -0.15) is 5.10 Å². The Bertz CT molecular complexity index is 350. The summed E-state index contributed by atoms with van der Waals surface area (Å²) in [6.07, 6.45) is 1.07. The smallest absolute Gasteiger partial charge is 0.0814 e. The highest BCUT2D eigenvalue weighted by Crippen LogP contribution is 2.32. The predicted molar refractivity (Wildman–Crippen MR) is 65.1 cm³/mol. The normalized spacial score (nSPS) is 26.9. The Balaban J connectivity index is 2.29. The highest BCUT2D eigenvalue weighted by Gasteiger charge is 2.35. The van der Waals surface area contributed by atoms with Crippen LogP contribution in [-0.2, 0) is 7.05 Å². The van der Waals surface area contributed by atoms with Crippen LogP contribution in [0, 0.1) is 6.92 Å². The molecule has 2 heterocycles. The van der Waals surface area contributed by atoms with E-state index in [2.05, 4.69) is 36.8 Å². The molecule has 0 bridgehead atoms. The minimum atomic E-state index is 0.219. The summed E-state index contributed by atoms with van der Waals surface area (Å²) in [6, 6.07) is 3.20. The van der Waals surface area contributed by atoms with Crippen molar-refractivity contribution in [3.05, 3.63) is 17.5 Å².